The van der Waals surface area contributed by atoms with Crippen molar-refractivity contribution >= 4 is 31.6 Å². The van der Waals surface area contributed by atoms with Crippen LogP contribution in [0, 0.1) is 5.82 Å². The summed E-state index contributed by atoms with van der Waals surface area (Å²) in [6.07, 6.45) is 2.09. The lowest BCUT2D eigenvalue weighted by atomic mass is 10.3. The topological polar surface area (TPSA) is 63.4 Å². The number of halogens is 2. The van der Waals surface area contributed by atoms with E-state index >= 15 is 0 Å². The van der Waals surface area contributed by atoms with E-state index < -0.39 is 20.7 Å². The van der Waals surface area contributed by atoms with Crippen molar-refractivity contribution < 1.29 is 12.8 Å². The summed E-state index contributed by atoms with van der Waals surface area (Å²) in [5.74, 6) is -0.828. The number of nitrogens with zero attached hydrogens (tertiary/aromatic N) is 1. The molecule has 0 radical (unpaired) electrons. The van der Waals surface area contributed by atoms with Gasteiger partial charge in [-0.05, 0) is 34.5 Å². The number of hydrogen-bond acceptors (Lipinski definition) is 3. The van der Waals surface area contributed by atoms with Crippen LogP contribution in [0.4, 0.5) is 10.1 Å². The van der Waals surface area contributed by atoms with Crippen LogP contribution in [0.5, 0.6) is 0 Å². The van der Waals surface area contributed by atoms with Gasteiger partial charge in [-0.25, -0.2) is 12.8 Å². The van der Waals surface area contributed by atoms with E-state index in [-0.39, 0.29) is 12.2 Å². The molecule has 1 aromatic rings. The normalized spacial score (nSPS) is 11.8. The molecule has 0 aliphatic heterocycles. The minimum Gasteiger partial charge on any atom is -0.398 e. The standard InChI is InChI=1S/C12H16BrFN2O2S/c1-3-5-16(6-4-2)19(17,18)12-8-11(15)9(13)7-10(12)14/h3,7-8H,1,4-6,15H2,2H3. The van der Waals surface area contributed by atoms with Crippen LogP contribution in [0.25, 0.3) is 0 Å². The second kappa shape index (κ2) is 6.49. The fraction of sp³-hybridized carbons (Fsp3) is 0.333. The molecule has 2 N–H and O–H groups in total. The number of sulfonamides is 1. The van der Waals surface area contributed by atoms with Crippen molar-refractivity contribution in [1.29, 1.82) is 0 Å². The molecule has 0 aliphatic carbocycles. The zero-order valence-corrected chi connectivity index (χ0v) is 13.0. The maximum atomic E-state index is 13.8. The molecule has 0 aliphatic rings. The Bertz CT molecular complexity index is 575. The van der Waals surface area contributed by atoms with Gasteiger partial charge < -0.3 is 5.73 Å². The summed E-state index contributed by atoms with van der Waals surface area (Å²) in [7, 11) is -3.91. The van der Waals surface area contributed by atoms with Gasteiger partial charge in [-0.15, -0.1) is 6.58 Å². The maximum Gasteiger partial charge on any atom is 0.246 e. The van der Waals surface area contributed by atoms with E-state index in [1.807, 2.05) is 6.92 Å². The van der Waals surface area contributed by atoms with Gasteiger partial charge in [0.2, 0.25) is 10.0 Å². The van der Waals surface area contributed by atoms with Crippen molar-refractivity contribution in [3.8, 4) is 0 Å². The quantitative estimate of drug-likeness (QED) is 0.633. The third-order valence-corrected chi connectivity index (χ3v) is 5.04. The van der Waals surface area contributed by atoms with Crippen LogP contribution in [0.15, 0.2) is 34.2 Å². The van der Waals surface area contributed by atoms with Crippen molar-refractivity contribution in [3.63, 3.8) is 0 Å². The minimum atomic E-state index is -3.91. The molecule has 0 fully saturated rings. The highest BCUT2D eigenvalue weighted by Gasteiger charge is 2.26. The van der Waals surface area contributed by atoms with Crippen molar-refractivity contribution in [2.24, 2.45) is 0 Å². The summed E-state index contributed by atoms with van der Waals surface area (Å²) in [5, 5.41) is 0. The number of anilines is 1. The van der Waals surface area contributed by atoms with Gasteiger partial charge in [0.1, 0.15) is 10.7 Å². The molecule has 0 unspecified atom stereocenters. The van der Waals surface area contributed by atoms with Crippen molar-refractivity contribution in [2.75, 3.05) is 18.8 Å². The number of nitrogen functional groups attached to an aromatic ring is 1. The van der Waals surface area contributed by atoms with Crippen LogP contribution in [0.1, 0.15) is 13.3 Å². The Hall–Kier alpha value is -0.920. The fourth-order valence-electron chi connectivity index (χ4n) is 1.58. The SMILES string of the molecule is C=CCN(CCC)S(=O)(=O)c1cc(N)c(Br)cc1F. The Morgan fingerprint density at radius 2 is 2.16 bits per heavy atom. The molecule has 0 atom stereocenters. The third kappa shape index (κ3) is 3.55. The van der Waals surface area contributed by atoms with E-state index in [9.17, 15) is 12.8 Å². The largest absolute Gasteiger partial charge is 0.398 e. The summed E-state index contributed by atoms with van der Waals surface area (Å²) in [6.45, 7) is 5.78. The van der Waals surface area contributed by atoms with E-state index in [1.165, 1.54) is 10.4 Å². The van der Waals surface area contributed by atoms with Crippen LogP contribution in [-0.2, 0) is 10.0 Å². The van der Waals surface area contributed by atoms with E-state index in [1.54, 1.807) is 0 Å². The lowest BCUT2D eigenvalue weighted by Gasteiger charge is -2.20. The van der Waals surface area contributed by atoms with Gasteiger partial charge in [-0.3, -0.25) is 0 Å². The highest BCUT2D eigenvalue weighted by atomic mass is 79.9. The average molecular weight is 351 g/mol. The number of benzene rings is 1. The molecule has 7 heteroatoms. The first kappa shape index (κ1) is 16.1. The number of nitrogens with two attached hydrogens (primary N) is 1. The van der Waals surface area contributed by atoms with Crippen molar-refractivity contribution in [2.45, 2.75) is 18.2 Å². The molecule has 1 rings (SSSR count). The molecule has 106 valence electrons. The van der Waals surface area contributed by atoms with Gasteiger partial charge in [0.15, 0.2) is 0 Å². The Morgan fingerprint density at radius 1 is 1.53 bits per heavy atom. The van der Waals surface area contributed by atoms with E-state index in [4.69, 9.17) is 5.73 Å². The molecule has 0 amide bonds. The first-order chi connectivity index (χ1) is 8.84. The molecule has 4 nitrogen and oxygen atoms in total. The Labute approximate surface area is 121 Å². The predicted octanol–water partition coefficient (Wildman–Crippen LogP) is 2.76. The lowest BCUT2D eigenvalue weighted by Crippen LogP contribution is -2.32. The van der Waals surface area contributed by atoms with Crippen LogP contribution in [0.3, 0.4) is 0 Å². The molecular weight excluding hydrogens is 335 g/mol. The van der Waals surface area contributed by atoms with E-state index in [0.717, 1.165) is 12.1 Å². The molecule has 1 aromatic carbocycles. The predicted molar refractivity (Wildman–Crippen MR) is 77.8 cm³/mol. The fourth-order valence-corrected chi connectivity index (χ4v) is 3.48. The molecule has 0 bridgehead atoms. The second-order valence-electron chi connectivity index (χ2n) is 3.96. The van der Waals surface area contributed by atoms with Crippen LogP contribution in [-0.4, -0.2) is 25.8 Å². The molecule has 0 saturated carbocycles. The highest BCUT2D eigenvalue weighted by molar-refractivity contribution is 9.10. The van der Waals surface area contributed by atoms with Crippen LogP contribution < -0.4 is 5.73 Å². The summed E-state index contributed by atoms with van der Waals surface area (Å²) >= 11 is 3.06. The van der Waals surface area contributed by atoms with Gasteiger partial charge in [0.25, 0.3) is 0 Å². The minimum absolute atomic E-state index is 0.131. The van der Waals surface area contributed by atoms with Gasteiger partial charge in [-0.2, -0.15) is 4.31 Å². The molecule has 0 aromatic heterocycles. The molecular formula is C12H16BrFN2O2S. The highest BCUT2D eigenvalue weighted by Crippen LogP contribution is 2.28. The van der Waals surface area contributed by atoms with Crippen LogP contribution in [0.2, 0.25) is 0 Å². The zero-order chi connectivity index (χ0) is 14.6. The molecule has 0 spiro atoms. The van der Waals surface area contributed by atoms with Gasteiger partial charge in [0, 0.05) is 23.2 Å². The third-order valence-electron chi connectivity index (χ3n) is 2.47. The summed E-state index contributed by atoms with van der Waals surface area (Å²) in [5.41, 5.74) is 5.79. The smallest absolute Gasteiger partial charge is 0.246 e. The summed E-state index contributed by atoms with van der Waals surface area (Å²) in [6, 6.07) is 2.18. The lowest BCUT2D eigenvalue weighted by molar-refractivity contribution is 0.436. The number of hydrogen-bond donors (Lipinski definition) is 1. The van der Waals surface area contributed by atoms with Crippen molar-refractivity contribution in [3.05, 3.63) is 35.1 Å². The van der Waals surface area contributed by atoms with Gasteiger partial charge in [0.05, 0.1) is 0 Å². The molecule has 0 heterocycles. The van der Waals surface area contributed by atoms with Gasteiger partial charge >= 0.3 is 0 Å². The van der Waals surface area contributed by atoms with Crippen LogP contribution >= 0.6 is 15.9 Å². The molecule has 19 heavy (non-hydrogen) atoms. The monoisotopic (exact) mass is 350 g/mol. The number of rotatable bonds is 6. The molecule has 0 saturated heterocycles. The Kier molecular flexibility index (Phi) is 5.51. The first-order valence-corrected chi connectivity index (χ1v) is 7.93. The van der Waals surface area contributed by atoms with E-state index in [0.29, 0.717) is 17.4 Å². The maximum absolute atomic E-state index is 13.8. The second-order valence-corrected chi connectivity index (χ2v) is 6.72. The van der Waals surface area contributed by atoms with Crippen molar-refractivity contribution in [1.82, 2.24) is 4.31 Å². The first-order valence-electron chi connectivity index (χ1n) is 5.70. The van der Waals surface area contributed by atoms with Gasteiger partial charge in [-0.1, -0.05) is 13.0 Å². The summed E-state index contributed by atoms with van der Waals surface area (Å²) < 4.78 is 40.1. The average Bonchev–Trinajstić information content (AvgIpc) is 2.33. The summed E-state index contributed by atoms with van der Waals surface area (Å²) in [4.78, 5) is -0.413. The van der Waals surface area contributed by atoms with E-state index in [2.05, 4.69) is 22.5 Å². The zero-order valence-electron chi connectivity index (χ0n) is 10.6. The Morgan fingerprint density at radius 3 is 2.68 bits per heavy atom. The Balaban J connectivity index is 3.32.